The fraction of sp³-hybridized carbons (Fsp3) is 0.778. The third-order valence-corrected chi connectivity index (χ3v) is 6.09. The molecule has 2 saturated heterocycles. The van der Waals surface area contributed by atoms with Gasteiger partial charge in [-0.1, -0.05) is 0 Å². The van der Waals surface area contributed by atoms with Gasteiger partial charge in [-0.3, -0.25) is 4.55 Å². The lowest BCUT2D eigenvalue weighted by atomic mass is 10.0. The van der Waals surface area contributed by atoms with Crippen LogP contribution in [0, 0.1) is 0 Å². The number of fused-ring (bicyclic) bond motifs is 2. The van der Waals surface area contributed by atoms with Gasteiger partial charge in [0.2, 0.25) is 11.8 Å². The smallest absolute Gasteiger partial charge is 0.418 e. The molecule has 3 fully saturated rings. The van der Waals surface area contributed by atoms with E-state index in [2.05, 4.69) is 19.8 Å². The van der Waals surface area contributed by atoms with Crippen LogP contribution in [0.1, 0.15) is 76.6 Å². The van der Waals surface area contributed by atoms with Crippen molar-refractivity contribution < 1.29 is 36.0 Å². The highest BCUT2D eigenvalue weighted by Gasteiger charge is 2.49. The highest BCUT2D eigenvalue weighted by Crippen LogP contribution is 2.40. The molecule has 0 aromatic carbocycles. The van der Waals surface area contributed by atoms with Crippen molar-refractivity contribution in [3.05, 3.63) is 11.8 Å². The molecular formula is C18H27N5O8S. The highest BCUT2D eigenvalue weighted by atomic mass is 32.3. The molecular weight excluding hydrogens is 446 g/mol. The van der Waals surface area contributed by atoms with E-state index in [1.54, 1.807) is 20.8 Å². The van der Waals surface area contributed by atoms with E-state index in [9.17, 15) is 18.0 Å². The van der Waals surface area contributed by atoms with Crippen LogP contribution in [0.3, 0.4) is 0 Å². The topological polar surface area (TPSA) is 164 Å². The van der Waals surface area contributed by atoms with E-state index in [1.807, 2.05) is 0 Å². The molecule has 0 radical (unpaired) electrons. The van der Waals surface area contributed by atoms with E-state index in [1.165, 1.54) is 4.90 Å². The van der Waals surface area contributed by atoms with Crippen molar-refractivity contribution in [1.29, 1.82) is 0 Å². The molecule has 2 aliphatic heterocycles. The molecule has 1 unspecified atom stereocenters. The van der Waals surface area contributed by atoms with Crippen LogP contribution in [-0.4, -0.2) is 69.5 Å². The second kappa shape index (κ2) is 8.15. The SMILES string of the molecule is CC(C)(C)OC(=O)N[C@H]1CCC(c2nnc([C@@H]3CC[C@H]4CN3C(=O)N4OS(=O)(=O)O)o2)C1. The molecule has 2 bridgehead atoms. The molecule has 13 nitrogen and oxygen atoms in total. The number of aromatic nitrogens is 2. The highest BCUT2D eigenvalue weighted by molar-refractivity contribution is 7.80. The molecule has 178 valence electrons. The summed E-state index contributed by atoms with van der Waals surface area (Å²) in [5.41, 5.74) is -0.572. The first kappa shape index (κ1) is 22.7. The molecule has 2 N–H and O–H groups in total. The Kier molecular flexibility index (Phi) is 5.79. The maximum atomic E-state index is 12.6. The van der Waals surface area contributed by atoms with Gasteiger partial charge >= 0.3 is 22.5 Å². The largest absolute Gasteiger partial charge is 0.444 e. The van der Waals surface area contributed by atoms with Crippen LogP contribution in [0.4, 0.5) is 9.59 Å². The standard InChI is InChI=1S/C18H27N5O8S/c1-18(2,3)30-16(24)19-11-5-4-10(8-11)14-20-21-15(29-14)13-7-6-12-9-22(13)17(25)23(12)31-32(26,27)28/h10-13H,4-9H2,1-3H3,(H,19,24)(H,26,27,28)/t10?,11-,12-,13-/m0/s1. The summed E-state index contributed by atoms with van der Waals surface area (Å²) in [6.45, 7) is 5.63. The van der Waals surface area contributed by atoms with Crippen molar-refractivity contribution in [2.45, 2.75) is 82.5 Å². The van der Waals surface area contributed by atoms with Gasteiger partial charge in [-0.05, 0) is 52.9 Å². The van der Waals surface area contributed by atoms with Crippen LogP contribution >= 0.6 is 0 Å². The molecule has 3 heterocycles. The Labute approximate surface area is 185 Å². The predicted molar refractivity (Wildman–Crippen MR) is 106 cm³/mol. The van der Waals surface area contributed by atoms with Gasteiger partial charge in [0.25, 0.3) is 0 Å². The molecule has 4 rings (SSSR count). The fourth-order valence-corrected chi connectivity index (χ4v) is 4.83. The van der Waals surface area contributed by atoms with Crippen LogP contribution in [0.5, 0.6) is 0 Å². The first-order valence-corrected chi connectivity index (χ1v) is 11.9. The van der Waals surface area contributed by atoms with Crippen molar-refractivity contribution in [3.63, 3.8) is 0 Å². The molecule has 3 aliphatic rings. The molecule has 1 saturated carbocycles. The zero-order valence-corrected chi connectivity index (χ0v) is 18.9. The molecule has 0 spiro atoms. The number of hydroxylamine groups is 2. The summed E-state index contributed by atoms with van der Waals surface area (Å²) in [7, 11) is -4.80. The summed E-state index contributed by atoms with van der Waals surface area (Å²) < 4.78 is 46.6. The number of amides is 3. The Bertz CT molecular complexity index is 990. The zero-order chi connectivity index (χ0) is 23.3. The molecule has 1 aromatic rings. The quantitative estimate of drug-likeness (QED) is 0.603. The average molecular weight is 474 g/mol. The molecule has 3 amide bonds. The monoisotopic (exact) mass is 473 g/mol. The number of ether oxygens (including phenoxy) is 1. The summed E-state index contributed by atoms with van der Waals surface area (Å²) in [4.78, 5) is 26.0. The lowest BCUT2D eigenvalue weighted by molar-refractivity contribution is -0.0317. The Morgan fingerprint density at radius 2 is 1.91 bits per heavy atom. The number of carbonyl (C=O) groups is 2. The maximum Gasteiger partial charge on any atom is 0.418 e. The number of rotatable bonds is 5. The van der Waals surface area contributed by atoms with Crippen molar-refractivity contribution in [3.8, 4) is 0 Å². The van der Waals surface area contributed by atoms with Gasteiger partial charge < -0.3 is 19.4 Å². The van der Waals surface area contributed by atoms with Gasteiger partial charge in [-0.15, -0.1) is 14.5 Å². The third kappa shape index (κ3) is 4.96. The van der Waals surface area contributed by atoms with Gasteiger partial charge in [0.1, 0.15) is 11.6 Å². The van der Waals surface area contributed by atoms with Crippen LogP contribution in [0.25, 0.3) is 0 Å². The number of urea groups is 1. The molecule has 1 aliphatic carbocycles. The summed E-state index contributed by atoms with van der Waals surface area (Å²) in [5, 5.41) is 11.8. The Hall–Kier alpha value is -2.45. The van der Waals surface area contributed by atoms with Gasteiger partial charge in [-0.2, -0.15) is 13.5 Å². The van der Waals surface area contributed by atoms with E-state index in [0.717, 1.165) is 12.8 Å². The van der Waals surface area contributed by atoms with E-state index < -0.39 is 40.2 Å². The minimum Gasteiger partial charge on any atom is -0.444 e. The lowest BCUT2D eigenvalue weighted by Crippen LogP contribution is -2.37. The average Bonchev–Trinajstić information content (AvgIpc) is 3.36. The van der Waals surface area contributed by atoms with E-state index in [-0.39, 0.29) is 24.4 Å². The lowest BCUT2D eigenvalue weighted by Gasteiger charge is -2.27. The van der Waals surface area contributed by atoms with E-state index in [4.69, 9.17) is 13.7 Å². The number of nitrogens with one attached hydrogen (secondary N) is 1. The van der Waals surface area contributed by atoms with Gasteiger partial charge in [0.15, 0.2) is 0 Å². The number of hydrogen-bond acceptors (Lipinski definition) is 9. The van der Waals surface area contributed by atoms with E-state index >= 15 is 0 Å². The van der Waals surface area contributed by atoms with Gasteiger partial charge in [0.05, 0.1) is 6.04 Å². The molecule has 1 aromatic heterocycles. The minimum atomic E-state index is -4.80. The number of nitrogens with zero attached hydrogens (tertiary/aromatic N) is 4. The minimum absolute atomic E-state index is 0.0267. The normalized spacial score (nSPS) is 28.3. The number of piperidine rings is 1. The summed E-state index contributed by atoms with van der Waals surface area (Å²) in [5.74, 6) is 0.679. The fourth-order valence-electron chi connectivity index (χ4n) is 4.45. The van der Waals surface area contributed by atoms with Crippen molar-refractivity contribution in [1.82, 2.24) is 25.5 Å². The molecule has 32 heavy (non-hydrogen) atoms. The molecule has 4 atom stereocenters. The Balaban J connectivity index is 1.38. The zero-order valence-electron chi connectivity index (χ0n) is 18.1. The third-order valence-electron chi connectivity index (χ3n) is 5.74. The van der Waals surface area contributed by atoms with Gasteiger partial charge in [-0.25, -0.2) is 9.59 Å². The van der Waals surface area contributed by atoms with Crippen LogP contribution in [0.2, 0.25) is 0 Å². The summed E-state index contributed by atoms with van der Waals surface area (Å²) in [6.07, 6.45) is 2.61. The van der Waals surface area contributed by atoms with Gasteiger partial charge in [0, 0.05) is 18.5 Å². The predicted octanol–water partition coefficient (Wildman–Crippen LogP) is 1.91. The Morgan fingerprint density at radius 1 is 1.19 bits per heavy atom. The summed E-state index contributed by atoms with van der Waals surface area (Å²) >= 11 is 0. The number of hydrogen-bond donors (Lipinski definition) is 2. The van der Waals surface area contributed by atoms with Crippen LogP contribution < -0.4 is 5.32 Å². The number of carbonyl (C=O) groups excluding carboxylic acids is 2. The second-order valence-electron chi connectivity index (χ2n) is 9.34. The van der Waals surface area contributed by atoms with Crippen molar-refractivity contribution in [2.24, 2.45) is 0 Å². The summed E-state index contributed by atoms with van der Waals surface area (Å²) in [6, 6.07) is -1.74. The number of alkyl carbamates (subject to hydrolysis) is 1. The van der Waals surface area contributed by atoms with Crippen molar-refractivity contribution in [2.75, 3.05) is 6.54 Å². The molecule has 14 heteroatoms. The van der Waals surface area contributed by atoms with E-state index in [0.29, 0.717) is 30.2 Å². The Morgan fingerprint density at radius 3 is 2.59 bits per heavy atom. The van der Waals surface area contributed by atoms with Crippen LogP contribution in [0.15, 0.2) is 4.42 Å². The van der Waals surface area contributed by atoms with Crippen molar-refractivity contribution >= 4 is 22.5 Å². The first-order valence-electron chi connectivity index (χ1n) is 10.5. The first-order chi connectivity index (χ1) is 14.9. The van der Waals surface area contributed by atoms with Crippen LogP contribution in [-0.2, 0) is 19.4 Å². The maximum absolute atomic E-state index is 12.6. The second-order valence-corrected chi connectivity index (χ2v) is 10.3.